The van der Waals surface area contributed by atoms with Crippen molar-refractivity contribution in [3.8, 4) is 11.3 Å². The molecule has 0 bridgehead atoms. The molecule has 0 radical (unpaired) electrons. The molecule has 0 saturated heterocycles. The molecule has 1 aliphatic rings. The first-order valence-electron chi connectivity index (χ1n) is 9.66. The number of ether oxygens (including phenoxy) is 1. The molecule has 3 aromatic rings. The molecular weight excluding hydrogens is 499 g/mol. The van der Waals surface area contributed by atoms with Crippen molar-refractivity contribution >= 4 is 41.0 Å². The van der Waals surface area contributed by atoms with Crippen LogP contribution in [0.25, 0.3) is 17.4 Å². The number of esters is 1. The molecule has 0 N–H and O–H groups in total. The smallest absolute Gasteiger partial charge is 0.339 e. The predicted octanol–water partition coefficient (Wildman–Crippen LogP) is 5.89. The Morgan fingerprint density at radius 3 is 2.29 bits per heavy atom. The summed E-state index contributed by atoms with van der Waals surface area (Å²) in [6.45, 7) is 1.31. The van der Waals surface area contributed by atoms with E-state index in [1.54, 1.807) is 6.07 Å². The minimum atomic E-state index is -2.35. The normalized spacial score (nSPS) is 14.6. The van der Waals surface area contributed by atoms with E-state index < -0.39 is 46.6 Å². The van der Waals surface area contributed by atoms with Crippen LogP contribution in [-0.4, -0.2) is 24.7 Å². The van der Waals surface area contributed by atoms with Crippen molar-refractivity contribution in [3.05, 3.63) is 81.3 Å². The molecule has 2 aromatic carbocycles. The number of carbonyl (C=O) groups is 2. The molecule has 0 aliphatic carbocycles. The fraction of sp³-hybridized carbons (Fsp3) is 0.0870. The molecule has 0 saturated carbocycles. The Kier molecular flexibility index (Phi) is 6.20. The lowest BCUT2D eigenvalue weighted by Crippen LogP contribution is -2.25. The first-order chi connectivity index (χ1) is 16.5. The molecule has 35 heavy (non-hydrogen) atoms. The van der Waals surface area contributed by atoms with E-state index in [1.165, 1.54) is 44.4 Å². The van der Waals surface area contributed by atoms with Crippen LogP contribution in [-0.2, 0) is 9.53 Å². The summed E-state index contributed by atoms with van der Waals surface area (Å²) in [7, 11) is 1.20. The van der Waals surface area contributed by atoms with Crippen LogP contribution < -0.4 is 5.01 Å². The van der Waals surface area contributed by atoms with Crippen LogP contribution >= 0.6 is 11.6 Å². The van der Waals surface area contributed by atoms with Crippen molar-refractivity contribution in [2.75, 3.05) is 12.1 Å². The highest BCUT2D eigenvalue weighted by Crippen LogP contribution is 2.34. The van der Waals surface area contributed by atoms with E-state index in [2.05, 4.69) is 9.84 Å². The van der Waals surface area contributed by atoms with E-state index >= 15 is 0 Å². The van der Waals surface area contributed by atoms with Gasteiger partial charge in [0.05, 0.1) is 29.0 Å². The number of methoxy groups -OCH3 is 1. The fourth-order valence-corrected chi connectivity index (χ4v) is 3.48. The second kappa shape index (κ2) is 8.99. The highest BCUT2D eigenvalue weighted by molar-refractivity contribution is 6.33. The molecule has 2 heterocycles. The van der Waals surface area contributed by atoms with Gasteiger partial charge in [-0.25, -0.2) is 26.7 Å². The number of amides is 1. The number of rotatable bonds is 4. The second-order valence-corrected chi connectivity index (χ2v) is 7.57. The Bertz CT molecular complexity index is 1440. The van der Waals surface area contributed by atoms with Gasteiger partial charge in [-0.3, -0.25) is 4.79 Å². The number of hydrogen-bond donors (Lipinski definition) is 0. The Hall–Kier alpha value is -3.99. The lowest BCUT2D eigenvalue weighted by Gasteiger charge is -2.14. The third-order valence-corrected chi connectivity index (χ3v) is 5.36. The average Bonchev–Trinajstić information content (AvgIpc) is 3.42. The van der Waals surface area contributed by atoms with Crippen molar-refractivity contribution in [2.45, 2.75) is 6.92 Å². The highest BCUT2D eigenvalue weighted by atomic mass is 35.5. The van der Waals surface area contributed by atoms with Gasteiger partial charge in [0.15, 0.2) is 23.3 Å². The standard InChI is InChI=1S/C23H12ClF5N2O4/c1-9-12(22(32)31(30-9)21-19(28)17(26)16(25)18(27)20(21)29)8-11-4-6-15(35-11)10-3-5-14(24)13(7-10)23(33)34-2/h3-8H,1-2H3/b12-8-. The number of furan rings is 1. The summed E-state index contributed by atoms with van der Waals surface area (Å²) in [5, 5.41) is 3.91. The van der Waals surface area contributed by atoms with E-state index in [9.17, 15) is 31.5 Å². The number of hydrogen-bond acceptors (Lipinski definition) is 5. The van der Waals surface area contributed by atoms with E-state index in [1.807, 2.05) is 0 Å². The van der Waals surface area contributed by atoms with Gasteiger partial charge >= 0.3 is 5.97 Å². The van der Waals surface area contributed by atoms with Crippen LogP contribution in [0.5, 0.6) is 0 Å². The lowest BCUT2D eigenvalue weighted by atomic mass is 10.1. The van der Waals surface area contributed by atoms with Gasteiger partial charge in [-0.2, -0.15) is 10.1 Å². The van der Waals surface area contributed by atoms with Crippen LogP contribution in [0.2, 0.25) is 5.02 Å². The van der Waals surface area contributed by atoms with Crippen LogP contribution in [0.4, 0.5) is 27.6 Å². The van der Waals surface area contributed by atoms with Crippen LogP contribution in [0.3, 0.4) is 0 Å². The molecule has 180 valence electrons. The molecule has 1 amide bonds. The maximum Gasteiger partial charge on any atom is 0.339 e. The number of carbonyl (C=O) groups excluding carboxylic acids is 2. The fourth-order valence-electron chi connectivity index (χ4n) is 3.29. The average molecular weight is 511 g/mol. The lowest BCUT2D eigenvalue weighted by molar-refractivity contribution is -0.114. The number of hydrazone groups is 1. The Balaban J connectivity index is 1.68. The molecule has 0 unspecified atom stereocenters. The van der Waals surface area contributed by atoms with Gasteiger partial charge in [0.25, 0.3) is 5.91 Å². The van der Waals surface area contributed by atoms with Crippen molar-refractivity contribution < 1.29 is 40.7 Å². The van der Waals surface area contributed by atoms with Gasteiger partial charge in [0.2, 0.25) is 5.82 Å². The molecule has 0 atom stereocenters. The van der Waals surface area contributed by atoms with Gasteiger partial charge in [0, 0.05) is 5.56 Å². The van der Waals surface area contributed by atoms with E-state index in [-0.39, 0.29) is 38.4 Å². The largest absolute Gasteiger partial charge is 0.465 e. The van der Waals surface area contributed by atoms with Gasteiger partial charge in [-0.1, -0.05) is 11.6 Å². The number of benzene rings is 2. The van der Waals surface area contributed by atoms with E-state index in [0.29, 0.717) is 5.56 Å². The zero-order valence-corrected chi connectivity index (χ0v) is 18.5. The van der Waals surface area contributed by atoms with Gasteiger partial charge in [-0.15, -0.1) is 0 Å². The minimum absolute atomic E-state index is 0.0589. The van der Waals surface area contributed by atoms with E-state index in [4.69, 9.17) is 16.0 Å². The van der Waals surface area contributed by atoms with E-state index in [0.717, 1.165) is 0 Å². The summed E-state index contributed by atoms with van der Waals surface area (Å²) in [5.41, 5.74) is -1.22. The third-order valence-electron chi connectivity index (χ3n) is 5.03. The zero-order valence-electron chi connectivity index (χ0n) is 17.8. The number of anilines is 1. The third kappa shape index (κ3) is 4.08. The molecule has 4 rings (SSSR count). The van der Waals surface area contributed by atoms with Gasteiger partial charge in [-0.05, 0) is 43.3 Å². The van der Waals surface area contributed by atoms with Crippen LogP contribution in [0.1, 0.15) is 23.0 Å². The van der Waals surface area contributed by atoms with Crippen molar-refractivity contribution in [1.29, 1.82) is 0 Å². The number of nitrogens with zero attached hydrogens (tertiary/aromatic N) is 2. The zero-order chi connectivity index (χ0) is 25.6. The van der Waals surface area contributed by atoms with Crippen LogP contribution in [0.15, 0.2) is 45.4 Å². The molecule has 0 fully saturated rings. The topological polar surface area (TPSA) is 72.1 Å². The highest BCUT2D eigenvalue weighted by Gasteiger charge is 2.37. The number of halogens is 6. The Labute approximate surface area is 198 Å². The minimum Gasteiger partial charge on any atom is -0.465 e. The SMILES string of the molecule is COC(=O)c1cc(-c2ccc(/C=C3\C(=O)N(c4c(F)c(F)c(F)c(F)c4F)N=C3C)o2)ccc1Cl. The molecule has 1 aliphatic heterocycles. The monoisotopic (exact) mass is 510 g/mol. The summed E-state index contributed by atoms with van der Waals surface area (Å²) >= 11 is 6.01. The van der Waals surface area contributed by atoms with Gasteiger partial charge in [0.1, 0.15) is 17.2 Å². The van der Waals surface area contributed by atoms with Crippen molar-refractivity contribution in [2.24, 2.45) is 5.10 Å². The predicted molar refractivity (Wildman–Crippen MR) is 115 cm³/mol. The molecule has 6 nitrogen and oxygen atoms in total. The molecule has 1 aromatic heterocycles. The van der Waals surface area contributed by atoms with Crippen molar-refractivity contribution in [3.63, 3.8) is 0 Å². The second-order valence-electron chi connectivity index (χ2n) is 7.17. The summed E-state index contributed by atoms with van der Waals surface area (Å²) in [5.74, 6) is -12.6. The molecule has 12 heteroatoms. The summed E-state index contributed by atoms with van der Waals surface area (Å²) < 4.78 is 79.2. The van der Waals surface area contributed by atoms with Crippen LogP contribution in [0, 0.1) is 29.1 Å². The maximum absolute atomic E-state index is 14.2. The first kappa shape index (κ1) is 24.1. The molecule has 0 spiro atoms. The maximum atomic E-state index is 14.2. The summed E-state index contributed by atoms with van der Waals surface area (Å²) in [4.78, 5) is 24.6. The first-order valence-corrected chi connectivity index (χ1v) is 10.0. The quantitative estimate of drug-likeness (QED) is 0.144. The Morgan fingerprint density at radius 2 is 1.66 bits per heavy atom. The molecular formula is C23H12ClF5N2O4. The Morgan fingerprint density at radius 1 is 1.03 bits per heavy atom. The van der Waals surface area contributed by atoms with Gasteiger partial charge < -0.3 is 9.15 Å². The van der Waals surface area contributed by atoms with Crippen molar-refractivity contribution in [1.82, 2.24) is 0 Å². The summed E-state index contributed by atoms with van der Waals surface area (Å²) in [6, 6.07) is 7.44. The summed E-state index contributed by atoms with van der Waals surface area (Å²) in [6.07, 6.45) is 1.19.